The Morgan fingerprint density at radius 1 is 1.33 bits per heavy atom. The molecule has 2 N–H and O–H groups in total. The molecule has 21 heavy (non-hydrogen) atoms. The Labute approximate surface area is 131 Å². The van der Waals surface area contributed by atoms with Gasteiger partial charge < -0.3 is 19.9 Å². The van der Waals surface area contributed by atoms with E-state index in [0.29, 0.717) is 16.8 Å². The highest BCUT2D eigenvalue weighted by Crippen LogP contribution is 2.36. The number of nitrogens with one attached hydrogen (secondary N) is 1. The first kappa shape index (κ1) is 17.3. The van der Waals surface area contributed by atoms with Crippen LogP contribution in [0, 0.1) is 0 Å². The second-order valence-corrected chi connectivity index (χ2v) is 5.39. The molecule has 7 heteroatoms. The lowest BCUT2D eigenvalue weighted by Crippen LogP contribution is -2.34. The molecule has 1 aromatic carbocycles. The van der Waals surface area contributed by atoms with Gasteiger partial charge in [-0.2, -0.15) is 0 Å². The van der Waals surface area contributed by atoms with E-state index in [2.05, 4.69) is 21.2 Å². The van der Waals surface area contributed by atoms with Crippen LogP contribution >= 0.6 is 15.9 Å². The number of aromatic carboxylic acids is 1. The van der Waals surface area contributed by atoms with E-state index in [1.54, 1.807) is 6.92 Å². The van der Waals surface area contributed by atoms with E-state index in [9.17, 15) is 9.59 Å². The van der Waals surface area contributed by atoms with Gasteiger partial charge in [0.1, 0.15) is 0 Å². The molecule has 1 aromatic rings. The molecule has 116 valence electrons. The third-order valence-electron chi connectivity index (χ3n) is 2.35. The summed E-state index contributed by atoms with van der Waals surface area (Å²) in [6.45, 7) is 5.64. The average molecular weight is 360 g/mol. The molecule has 0 aliphatic carbocycles. The molecule has 0 fully saturated rings. The Hall–Kier alpha value is -1.76. The molecule has 1 amide bonds. The third kappa shape index (κ3) is 5.26. The van der Waals surface area contributed by atoms with E-state index in [4.69, 9.17) is 14.6 Å². The number of rotatable bonds is 7. The molecule has 6 nitrogen and oxygen atoms in total. The largest absolute Gasteiger partial charge is 0.490 e. The summed E-state index contributed by atoms with van der Waals surface area (Å²) in [4.78, 5) is 22.6. The third-order valence-corrected chi connectivity index (χ3v) is 2.94. The van der Waals surface area contributed by atoms with Crippen LogP contribution in [0.15, 0.2) is 16.6 Å². The van der Waals surface area contributed by atoms with Crippen molar-refractivity contribution in [3.63, 3.8) is 0 Å². The highest BCUT2D eigenvalue weighted by atomic mass is 79.9. The number of benzene rings is 1. The first-order valence-electron chi connectivity index (χ1n) is 6.47. The molecule has 0 saturated heterocycles. The van der Waals surface area contributed by atoms with E-state index in [-0.39, 0.29) is 29.9 Å². The first-order valence-corrected chi connectivity index (χ1v) is 7.26. The van der Waals surface area contributed by atoms with Gasteiger partial charge >= 0.3 is 5.97 Å². The average Bonchev–Trinajstić information content (AvgIpc) is 2.36. The van der Waals surface area contributed by atoms with Gasteiger partial charge in [0.15, 0.2) is 18.1 Å². The van der Waals surface area contributed by atoms with Crippen LogP contribution in [-0.4, -0.2) is 36.2 Å². The van der Waals surface area contributed by atoms with E-state index in [1.165, 1.54) is 12.1 Å². The highest BCUT2D eigenvalue weighted by Gasteiger charge is 2.16. The van der Waals surface area contributed by atoms with Crippen molar-refractivity contribution in [1.82, 2.24) is 5.32 Å². The van der Waals surface area contributed by atoms with Crippen LogP contribution < -0.4 is 14.8 Å². The van der Waals surface area contributed by atoms with Gasteiger partial charge in [-0.3, -0.25) is 4.79 Å². The van der Waals surface area contributed by atoms with Gasteiger partial charge in [-0.1, -0.05) is 0 Å². The van der Waals surface area contributed by atoms with Crippen molar-refractivity contribution in [1.29, 1.82) is 0 Å². The van der Waals surface area contributed by atoms with Crippen LogP contribution in [0.25, 0.3) is 0 Å². The summed E-state index contributed by atoms with van der Waals surface area (Å²) >= 11 is 3.24. The minimum atomic E-state index is -1.07. The molecule has 0 aromatic heterocycles. The second kappa shape index (κ2) is 7.87. The number of carboxylic acids is 1. The maximum Gasteiger partial charge on any atom is 0.335 e. The number of amides is 1. The molecule has 0 saturated carbocycles. The molecule has 0 unspecified atom stereocenters. The normalized spacial score (nSPS) is 10.3. The fraction of sp³-hybridized carbons (Fsp3) is 0.429. The van der Waals surface area contributed by atoms with Crippen molar-refractivity contribution in [2.75, 3.05) is 13.2 Å². The molecule has 0 bridgehead atoms. The van der Waals surface area contributed by atoms with Gasteiger partial charge in [0, 0.05) is 6.04 Å². The monoisotopic (exact) mass is 359 g/mol. The summed E-state index contributed by atoms with van der Waals surface area (Å²) in [7, 11) is 0. The first-order chi connectivity index (χ1) is 9.85. The topological polar surface area (TPSA) is 84.9 Å². The van der Waals surface area contributed by atoms with Crippen molar-refractivity contribution in [2.45, 2.75) is 26.8 Å². The smallest absolute Gasteiger partial charge is 0.335 e. The summed E-state index contributed by atoms with van der Waals surface area (Å²) < 4.78 is 11.2. The zero-order valence-corrected chi connectivity index (χ0v) is 13.7. The zero-order valence-electron chi connectivity index (χ0n) is 12.1. The lowest BCUT2D eigenvalue weighted by Gasteiger charge is -2.15. The number of carbonyl (C=O) groups excluding carboxylic acids is 1. The van der Waals surface area contributed by atoms with Crippen molar-refractivity contribution < 1.29 is 24.2 Å². The van der Waals surface area contributed by atoms with E-state index in [1.807, 2.05) is 13.8 Å². The van der Waals surface area contributed by atoms with Crippen molar-refractivity contribution in [3.8, 4) is 11.5 Å². The fourth-order valence-electron chi connectivity index (χ4n) is 1.60. The highest BCUT2D eigenvalue weighted by molar-refractivity contribution is 9.10. The van der Waals surface area contributed by atoms with Crippen molar-refractivity contribution in [2.24, 2.45) is 0 Å². The Kier molecular flexibility index (Phi) is 6.48. The maximum absolute atomic E-state index is 11.6. The molecule has 0 atom stereocenters. The molecule has 0 aliphatic heterocycles. The van der Waals surface area contributed by atoms with Crippen LogP contribution in [-0.2, 0) is 4.79 Å². The summed E-state index contributed by atoms with van der Waals surface area (Å²) in [6, 6.07) is 2.79. The van der Waals surface area contributed by atoms with Gasteiger partial charge in [-0.15, -0.1) is 0 Å². The van der Waals surface area contributed by atoms with Gasteiger partial charge in [0.05, 0.1) is 16.6 Å². The van der Waals surface area contributed by atoms with Crippen molar-refractivity contribution in [3.05, 3.63) is 22.2 Å². The van der Waals surface area contributed by atoms with E-state index in [0.717, 1.165) is 0 Å². The molecule has 0 radical (unpaired) electrons. The summed E-state index contributed by atoms with van der Waals surface area (Å²) in [5, 5.41) is 11.7. The molecular formula is C14H18BrNO5. The molecule has 0 heterocycles. The fourth-order valence-corrected chi connectivity index (χ4v) is 2.15. The number of ether oxygens (including phenoxy) is 2. The van der Waals surface area contributed by atoms with Crippen molar-refractivity contribution >= 4 is 27.8 Å². The van der Waals surface area contributed by atoms with Crippen LogP contribution in [0.4, 0.5) is 0 Å². The van der Waals surface area contributed by atoms with Gasteiger partial charge in [-0.05, 0) is 48.8 Å². The number of halogens is 1. The van der Waals surface area contributed by atoms with Crippen LogP contribution in [0.3, 0.4) is 0 Å². The lowest BCUT2D eigenvalue weighted by atomic mass is 10.2. The Morgan fingerprint density at radius 3 is 2.52 bits per heavy atom. The number of hydrogen-bond donors (Lipinski definition) is 2. The number of hydrogen-bond acceptors (Lipinski definition) is 4. The Balaban J connectivity index is 2.94. The zero-order chi connectivity index (χ0) is 16.0. The molecule has 1 rings (SSSR count). The summed E-state index contributed by atoms with van der Waals surface area (Å²) in [6.07, 6.45) is 0. The second-order valence-electron chi connectivity index (χ2n) is 4.53. The summed E-state index contributed by atoms with van der Waals surface area (Å²) in [5.74, 6) is -0.746. The molecule has 0 spiro atoms. The predicted molar refractivity (Wildman–Crippen MR) is 81.0 cm³/mol. The van der Waals surface area contributed by atoms with E-state index < -0.39 is 5.97 Å². The molecule has 0 aliphatic rings. The van der Waals surface area contributed by atoms with Gasteiger partial charge in [0.25, 0.3) is 5.91 Å². The van der Waals surface area contributed by atoms with Gasteiger partial charge in [0.2, 0.25) is 0 Å². The van der Waals surface area contributed by atoms with Crippen LogP contribution in [0.2, 0.25) is 0 Å². The Bertz CT molecular complexity index is 530. The maximum atomic E-state index is 11.6. The number of carbonyl (C=O) groups is 2. The van der Waals surface area contributed by atoms with E-state index >= 15 is 0 Å². The quantitative estimate of drug-likeness (QED) is 0.780. The minimum Gasteiger partial charge on any atom is -0.490 e. The predicted octanol–water partition coefficient (Wildman–Crippen LogP) is 2.45. The van der Waals surface area contributed by atoms with Gasteiger partial charge in [-0.25, -0.2) is 4.79 Å². The Morgan fingerprint density at radius 2 is 2.00 bits per heavy atom. The van der Waals surface area contributed by atoms with Crippen LogP contribution in [0.5, 0.6) is 11.5 Å². The minimum absolute atomic E-state index is 0.0188. The van der Waals surface area contributed by atoms with Crippen LogP contribution in [0.1, 0.15) is 31.1 Å². The SMILES string of the molecule is CCOc1cc(C(=O)O)cc(Br)c1OCC(=O)NC(C)C. The lowest BCUT2D eigenvalue weighted by molar-refractivity contribution is -0.123. The standard InChI is InChI=1S/C14H18BrNO5/c1-4-20-11-6-9(14(18)19)5-10(15)13(11)21-7-12(17)16-8(2)3/h5-6,8H,4,7H2,1-3H3,(H,16,17)(H,18,19). The summed E-state index contributed by atoms with van der Waals surface area (Å²) in [5.41, 5.74) is 0.0734. The number of carboxylic acid groups (broad SMARTS) is 1. The molecular weight excluding hydrogens is 342 g/mol.